The van der Waals surface area contributed by atoms with E-state index in [0.29, 0.717) is 25.0 Å². The van der Waals surface area contributed by atoms with E-state index in [1.54, 1.807) is 0 Å². The fourth-order valence-corrected chi connectivity index (χ4v) is 1.71. The first-order valence-electron chi connectivity index (χ1n) is 5.41. The van der Waals surface area contributed by atoms with E-state index in [1.165, 1.54) is 0 Å². The number of alkyl halides is 3. The molecule has 0 heterocycles. The summed E-state index contributed by atoms with van der Waals surface area (Å²) in [5.41, 5.74) is 5.50. The van der Waals surface area contributed by atoms with Crippen molar-refractivity contribution in [3.8, 4) is 11.5 Å². The van der Waals surface area contributed by atoms with Crippen molar-refractivity contribution >= 4 is 12.4 Å². The molecular formula is C11H11ClF5NO2. The minimum absolute atomic E-state index is 0. The molecule has 0 amide bonds. The first kappa shape index (κ1) is 16.8. The van der Waals surface area contributed by atoms with Gasteiger partial charge in [-0.05, 0) is 12.8 Å². The van der Waals surface area contributed by atoms with Crippen molar-refractivity contribution in [2.45, 2.75) is 31.3 Å². The molecule has 0 aromatic heterocycles. The number of rotatable bonds is 3. The Kier molecular flexibility index (Phi) is 5.04. The number of benzene rings is 1. The second-order valence-electron chi connectivity index (χ2n) is 4.24. The molecule has 1 aliphatic rings. The topological polar surface area (TPSA) is 44.5 Å². The molecule has 2 N–H and O–H groups in total. The van der Waals surface area contributed by atoms with E-state index in [2.05, 4.69) is 4.74 Å². The Morgan fingerprint density at radius 3 is 2.00 bits per heavy atom. The lowest BCUT2D eigenvalue weighted by molar-refractivity contribution is -0.276. The van der Waals surface area contributed by atoms with Crippen LogP contribution in [0.25, 0.3) is 0 Å². The minimum atomic E-state index is -5.16. The number of hydrogen-bond donors (Lipinski definition) is 1. The van der Waals surface area contributed by atoms with Gasteiger partial charge in [0.1, 0.15) is 11.9 Å². The molecule has 9 heteroatoms. The highest BCUT2D eigenvalue weighted by Crippen LogP contribution is 2.33. The molecule has 0 bridgehead atoms. The van der Waals surface area contributed by atoms with Crippen LogP contribution in [0.1, 0.15) is 12.8 Å². The first-order valence-corrected chi connectivity index (χ1v) is 5.41. The number of ether oxygens (including phenoxy) is 2. The average molecular weight is 320 g/mol. The van der Waals surface area contributed by atoms with Crippen LogP contribution in [0.4, 0.5) is 22.0 Å². The molecule has 3 nitrogen and oxygen atoms in total. The third-order valence-electron chi connectivity index (χ3n) is 2.62. The first-order chi connectivity index (χ1) is 8.74. The van der Waals surface area contributed by atoms with Crippen molar-refractivity contribution in [1.29, 1.82) is 0 Å². The van der Waals surface area contributed by atoms with Gasteiger partial charge in [0.2, 0.25) is 5.75 Å². The number of halogens is 6. The quantitative estimate of drug-likeness (QED) is 0.870. The fourth-order valence-electron chi connectivity index (χ4n) is 1.71. The Balaban J connectivity index is 0.00000200. The van der Waals surface area contributed by atoms with Gasteiger partial charge in [-0.15, -0.1) is 25.6 Å². The van der Waals surface area contributed by atoms with Gasteiger partial charge in [0.05, 0.1) is 0 Å². The highest BCUT2D eigenvalue weighted by molar-refractivity contribution is 5.85. The van der Waals surface area contributed by atoms with E-state index < -0.39 is 23.7 Å². The number of nitrogens with two attached hydrogens (primary N) is 1. The summed E-state index contributed by atoms with van der Waals surface area (Å²) in [6.45, 7) is 0. The van der Waals surface area contributed by atoms with E-state index in [4.69, 9.17) is 10.5 Å². The molecule has 0 spiro atoms. The Morgan fingerprint density at radius 1 is 1.10 bits per heavy atom. The summed E-state index contributed by atoms with van der Waals surface area (Å²) in [5.74, 6) is -4.64. The van der Waals surface area contributed by atoms with Crippen LogP contribution in [0, 0.1) is 11.6 Å². The van der Waals surface area contributed by atoms with Gasteiger partial charge in [-0.3, -0.25) is 0 Å². The molecule has 0 radical (unpaired) electrons. The van der Waals surface area contributed by atoms with Crippen LogP contribution in [-0.2, 0) is 0 Å². The van der Waals surface area contributed by atoms with Gasteiger partial charge < -0.3 is 15.2 Å². The van der Waals surface area contributed by atoms with E-state index in [1.807, 2.05) is 0 Å². The lowest BCUT2D eigenvalue weighted by Gasteiger charge is -2.32. The van der Waals surface area contributed by atoms with E-state index in [9.17, 15) is 22.0 Å². The molecule has 0 aliphatic heterocycles. The molecule has 0 atom stereocenters. The van der Waals surface area contributed by atoms with Gasteiger partial charge in [0.25, 0.3) is 0 Å². The van der Waals surface area contributed by atoms with Crippen molar-refractivity contribution in [3.05, 3.63) is 23.8 Å². The lowest BCUT2D eigenvalue weighted by atomic mass is 9.90. The predicted molar refractivity (Wildman–Crippen MR) is 61.9 cm³/mol. The zero-order valence-corrected chi connectivity index (χ0v) is 10.7. The van der Waals surface area contributed by atoms with Gasteiger partial charge in [-0.2, -0.15) is 0 Å². The Bertz CT molecular complexity index is 453. The molecule has 0 saturated heterocycles. The SMILES string of the molecule is Cl.NC1CC(Oc2cc(F)c(OC(F)(F)F)c(F)c2)C1. The molecule has 1 aromatic carbocycles. The lowest BCUT2D eigenvalue weighted by Crippen LogP contribution is -2.43. The average Bonchev–Trinajstić information content (AvgIpc) is 2.20. The largest absolute Gasteiger partial charge is 0.573 e. The third-order valence-corrected chi connectivity index (χ3v) is 2.62. The molecule has 0 unspecified atom stereocenters. The monoisotopic (exact) mass is 319 g/mol. The van der Waals surface area contributed by atoms with Gasteiger partial charge in [-0.25, -0.2) is 8.78 Å². The van der Waals surface area contributed by atoms with Crippen molar-refractivity contribution in [2.75, 3.05) is 0 Å². The summed E-state index contributed by atoms with van der Waals surface area (Å²) in [7, 11) is 0. The van der Waals surface area contributed by atoms with Gasteiger partial charge >= 0.3 is 6.36 Å². The van der Waals surface area contributed by atoms with Crippen LogP contribution in [0.5, 0.6) is 11.5 Å². The highest BCUT2D eigenvalue weighted by Gasteiger charge is 2.34. The number of hydrogen-bond acceptors (Lipinski definition) is 3. The van der Waals surface area contributed by atoms with Crippen molar-refractivity contribution < 1.29 is 31.4 Å². The normalized spacial score (nSPS) is 21.7. The Hall–Kier alpha value is -1.28. The molecule has 20 heavy (non-hydrogen) atoms. The molecule has 1 saturated carbocycles. The third kappa shape index (κ3) is 4.11. The summed E-state index contributed by atoms with van der Waals surface area (Å²) in [5, 5.41) is 0. The van der Waals surface area contributed by atoms with Crippen LogP contribution >= 0.6 is 12.4 Å². The second kappa shape index (κ2) is 6.01. The maximum Gasteiger partial charge on any atom is 0.573 e. The van der Waals surface area contributed by atoms with E-state index in [-0.39, 0.29) is 30.3 Å². The smallest absolute Gasteiger partial charge is 0.490 e. The van der Waals surface area contributed by atoms with E-state index >= 15 is 0 Å². The van der Waals surface area contributed by atoms with Gasteiger partial charge in [0, 0.05) is 18.2 Å². The van der Waals surface area contributed by atoms with Crippen LogP contribution in [0.15, 0.2) is 12.1 Å². The summed E-state index contributed by atoms with van der Waals surface area (Å²) in [6, 6.07) is 1.27. The van der Waals surface area contributed by atoms with E-state index in [0.717, 1.165) is 0 Å². The van der Waals surface area contributed by atoms with Crippen LogP contribution in [-0.4, -0.2) is 18.5 Å². The van der Waals surface area contributed by atoms with Crippen molar-refractivity contribution in [3.63, 3.8) is 0 Å². The fraction of sp³-hybridized carbons (Fsp3) is 0.455. The molecule has 1 aromatic rings. The van der Waals surface area contributed by atoms with Crippen molar-refractivity contribution in [1.82, 2.24) is 0 Å². The summed E-state index contributed by atoms with van der Waals surface area (Å²) in [6.07, 6.45) is -4.37. The maximum atomic E-state index is 13.3. The van der Waals surface area contributed by atoms with Gasteiger partial charge in [0.15, 0.2) is 11.6 Å². The second-order valence-corrected chi connectivity index (χ2v) is 4.24. The van der Waals surface area contributed by atoms with Gasteiger partial charge in [-0.1, -0.05) is 0 Å². The molecular weight excluding hydrogens is 309 g/mol. The van der Waals surface area contributed by atoms with Crippen LogP contribution < -0.4 is 15.2 Å². The highest BCUT2D eigenvalue weighted by atomic mass is 35.5. The molecule has 2 rings (SSSR count). The van der Waals surface area contributed by atoms with Crippen molar-refractivity contribution in [2.24, 2.45) is 5.73 Å². The molecule has 114 valence electrons. The Labute approximate surface area is 117 Å². The summed E-state index contributed by atoms with van der Waals surface area (Å²) >= 11 is 0. The zero-order valence-electron chi connectivity index (χ0n) is 9.92. The van der Waals surface area contributed by atoms with Crippen LogP contribution in [0.2, 0.25) is 0 Å². The summed E-state index contributed by atoms with van der Waals surface area (Å²) in [4.78, 5) is 0. The van der Waals surface area contributed by atoms with Crippen LogP contribution in [0.3, 0.4) is 0 Å². The standard InChI is InChI=1S/C11H10F5NO2.ClH/c12-8-3-7(18-6-1-5(17)2-6)4-9(13)10(8)19-11(14,15)16;/h3-6H,1-2,17H2;1H. The molecule has 1 fully saturated rings. The summed E-state index contributed by atoms with van der Waals surface area (Å²) < 4.78 is 70.8. The maximum absolute atomic E-state index is 13.3. The predicted octanol–water partition coefficient (Wildman–Crippen LogP) is 3.15. The Morgan fingerprint density at radius 2 is 1.60 bits per heavy atom. The minimum Gasteiger partial charge on any atom is -0.490 e. The zero-order chi connectivity index (χ0) is 14.2. The molecule has 1 aliphatic carbocycles.